The Morgan fingerprint density at radius 1 is 1.24 bits per heavy atom. The second-order valence-electron chi connectivity index (χ2n) is 5.21. The normalized spacial score (nSPS) is 10.6. The fourth-order valence-corrected chi connectivity index (χ4v) is 2.40. The number of nitrogens with zero attached hydrogens (tertiary/aromatic N) is 1. The fourth-order valence-electron chi connectivity index (χ4n) is 1.79. The minimum absolute atomic E-state index is 0.100. The van der Waals surface area contributed by atoms with Crippen LogP contribution in [0.3, 0.4) is 0 Å². The van der Waals surface area contributed by atoms with E-state index >= 15 is 0 Å². The van der Waals surface area contributed by atoms with Crippen molar-refractivity contribution in [1.29, 1.82) is 0 Å². The Kier molecular flexibility index (Phi) is 6.99. The summed E-state index contributed by atoms with van der Waals surface area (Å²) in [6.07, 6.45) is 0.888. The maximum atomic E-state index is 11.9. The van der Waals surface area contributed by atoms with Crippen LogP contribution < -0.4 is 10.2 Å². The monoisotopic (exact) mass is 330 g/mol. The molecule has 0 radical (unpaired) electrons. The highest BCUT2D eigenvalue weighted by Crippen LogP contribution is 2.33. The number of benzene rings is 1. The number of para-hydroxylation sites is 1. The Morgan fingerprint density at radius 3 is 2.29 bits per heavy atom. The van der Waals surface area contributed by atoms with Gasteiger partial charge in [0.25, 0.3) is 0 Å². The van der Waals surface area contributed by atoms with Crippen LogP contribution in [-0.2, 0) is 9.59 Å². The van der Waals surface area contributed by atoms with Gasteiger partial charge in [0.1, 0.15) is 6.54 Å². The molecule has 0 aliphatic carbocycles. The van der Waals surface area contributed by atoms with E-state index in [9.17, 15) is 9.59 Å². The van der Waals surface area contributed by atoms with Crippen LogP contribution >= 0.6 is 23.2 Å². The van der Waals surface area contributed by atoms with E-state index in [2.05, 4.69) is 19.2 Å². The van der Waals surface area contributed by atoms with Gasteiger partial charge in [0.05, 0.1) is 15.7 Å². The summed E-state index contributed by atoms with van der Waals surface area (Å²) in [4.78, 5) is 25.0. The third-order valence-corrected chi connectivity index (χ3v) is 3.54. The fraction of sp³-hybridized carbons (Fsp3) is 0.467. The summed E-state index contributed by atoms with van der Waals surface area (Å²) in [5, 5.41) is 3.47. The Morgan fingerprint density at radius 2 is 1.81 bits per heavy atom. The van der Waals surface area contributed by atoms with Crippen LogP contribution in [0.4, 0.5) is 5.69 Å². The molecule has 1 aromatic rings. The van der Waals surface area contributed by atoms with Crippen LogP contribution in [0.15, 0.2) is 18.2 Å². The van der Waals surface area contributed by atoms with E-state index in [-0.39, 0.29) is 18.4 Å². The number of amides is 2. The molecule has 21 heavy (non-hydrogen) atoms. The topological polar surface area (TPSA) is 49.4 Å². The number of hydrogen-bond acceptors (Lipinski definition) is 2. The van der Waals surface area contributed by atoms with Crippen LogP contribution in [0.2, 0.25) is 10.0 Å². The minimum Gasteiger partial charge on any atom is -0.355 e. The molecular formula is C15H20Cl2N2O2. The van der Waals surface area contributed by atoms with E-state index in [1.165, 1.54) is 11.8 Å². The van der Waals surface area contributed by atoms with E-state index in [4.69, 9.17) is 23.2 Å². The van der Waals surface area contributed by atoms with Crippen molar-refractivity contribution in [3.8, 4) is 0 Å². The Bertz CT molecular complexity index is 498. The second-order valence-corrected chi connectivity index (χ2v) is 6.02. The van der Waals surface area contributed by atoms with Crippen molar-refractivity contribution in [1.82, 2.24) is 5.32 Å². The maximum Gasteiger partial charge on any atom is 0.240 e. The van der Waals surface area contributed by atoms with Gasteiger partial charge in [0.2, 0.25) is 11.8 Å². The molecule has 1 aromatic carbocycles. The minimum atomic E-state index is -0.288. The smallest absolute Gasteiger partial charge is 0.240 e. The summed E-state index contributed by atoms with van der Waals surface area (Å²) in [7, 11) is 0. The highest BCUT2D eigenvalue weighted by Gasteiger charge is 2.20. The molecule has 116 valence electrons. The van der Waals surface area contributed by atoms with Gasteiger partial charge in [-0.1, -0.05) is 43.1 Å². The Balaban J connectivity index is 2.79. The molecule has 0 heterocycles. The largest absolute Gasteiger partial charge is 0.355 e. The summed E-state index contributed by atoms with van der Waals surface area (Å²) in [6.45, 7) is 6.02. The number of hydrogen-bond donors (Lipinski definition) is 1. The molecule has 0 aromatic heterocycles. The highest BCUT2D eigenvalue weighted by molar-refractivity contribution is 6.40. The lowest BCUT2D eigenvalue weighted by molar-refractivity contribution is -0.123. The molecule has 1 rings (SSSR count). The first-order chi connectivity index (χ1) is 9.82. The van der Waals surface area contributed by atoms with Crippen LogP contribution in [0.5, 0.6) is 0 Å². The van der Waals surface area contributed by atoms with Crippen LogP contribution in [0.1, 0.15) is 27.2 Å². The van der Waals surface area contributed by atoms with Crippen molar-refractivity contribution in [2.45, 2.75) is 27.2 Å². The molecule has 0 saturated heterocycles. The van der Waals surface area contributed by atoms with Crippen LogP contribution in [0.25, 0.3) is 0 Å². The zero-order chi connectivity index (χ0) is 16.0. The first kappa shape index (κ1) is 17.8. The van der Waals surface area contributed by atoms with Crippen molar-refractivity contribution >= 4 is 40.7 Å². The standard InChI is InChI=1S/C15H20Cl2N2O2/c1-10(2)7-8-18-14(21)9-19(11(3)20)15-12(16)5-4-6-13(15)17/h4-6,10H,7-9H2,1-3H3,(H,18,21). The average Bonchev–Trinajstić information content (AvgIpc) is 2.36. The predicted molar refractivity (Wildman–Crippen MR) is 87.0 cm³/mol. The van der Waals surface area contributed by atoms with Crippen molar-refractivity contribution in [3.05, 3.63) is 28.2 Å². The van der Waals surface area contributed by atoms with Gasteiger partial charge in [-0.15, -0.1) is 0 Å². The molecule has 1 N–H and O–H groups in total. The van der Waals surface area contributed by atoms with Gasteiger partial charge in [-0.25, -0.2) is 0 Å². The van der Waals surface area contributed by atoms with E-state index in [1.807, 2.05) is 0 Å². The zero-order valence-electron chi connectivity index (χ0n) is 12.5. The number of anilines is 1. The van der Waals surface area contributed by atoms with Gasteiger partial charge in [-0.2, -0.15) is 0 Å². The van der Waals surface area contributed by atoms with Gasteiger partial charge in [0.15, 0.2) is 0 Å². The van der Waals surface area contributed by atoms with Gasteiger partial charge < -0.3 is 10.2 Å². The average molecular weight is 331 g/mol. The summed E-state index contributed by atoms with van der Waals surface area (Å²) in [5.41, 5.74) is 0.368. The lowest BCUT2D eigenvalue weighted by Gasteiger charge is -2.23. The van der Waals surface area contributed by atoms with Crippen LogP contribution in [-0.4, -0.2) is 24.9 Å². The molecule has 2 amide bonds. The molecule has 0 spiro atoms. The van der Waals surface area contributed by atoms with Gasteiger partial charge in [-0.05, 0) is 24.5 Å². The third-order valence-electron chi connectivity index (χ3n) is 2.93. The first-order valence-corrected chi connectivity index (χ1v) is 7.57. The van der Waals surface area contributed by atoms with E-state index < -0.39 is 0 Å². The van der Waals surface area contributed by atoms with Crippen molar-refractivity contribution in [2.75, 3.05) is 18.0 Å². The lowest BCUT2D eigenvalue weighted by atomic mass is 10.1. The van der Waals surface area contributed by atoms with Gasteiger partial charge >= 0.3 is 0 Å². The summed E-state index contributed by atoms with van der Waals surface area (Å²) < 4.78 is 0. The zero-order valence-corrected chi connectivity index (χ0v) is 14.0. The molecule has 0 unspecified atom stereocenters. The molecule has 0 aliphatic rings. The maximum absolute atomic E-state index is 11.9. The molecular weight excluding hydrogens is 311 g/mol. The van der Waals surface area contributed by atoms with E-state index in [1.54, 1.807) is 18.2 Å². The molecule has 0 aliphatic heterocycles. The molecule has 0 saturated carbocycles. The lowest BCUT2D eigenvalue weighted by Crippen LogP contribution is -2.40. The summed E-state index contributed by atoms with van der Waals surface area (Å²) in [5.74, 6) is -0.0157. The Hall–Kier alpha value is -1.26. The quantitative estimate of drug-likeness (QED) is 0.867. The summed E-state index contributed by atoms with van der Waals surface area (Å²) in [6, 6.07) is 4.96. The SMILES string of the molecule is CC(=O)N(CC(=O)NCCC(C)C)c1c(Cl)cccc1Cl. The van der Waals surface area contributed by atoms with Crippen molar-refractivity contribution in [2.24, 2.45) is 5.92 Å². The molecule has 6 heteroatoms. The number of carbonyl (C=O) groups is 2. The van der Waals surface area contributed by atoms with E-state index in [0.29, 0.717) is 28.2 Å². The number of halogens is 2. The van der Waals surface area contributed by atoms with Gasteiger partial charge in [0, 0.05) is 13.5 Å². The molecule has 0 fully saturated rings. The summed E-state index contributed by atoms with van der Waals surface area (Å²) >= 11 is 12.2. The van der Waals surface area contributed by atoms with Gasteiger partial charge in [-0.3, -0.25) is 9.59 Å². The number of rotatable bonds is 6. The first-order valence-electron chi connectivity index (χ1n) is 6.81. The predicted octanol–water partition coefficient (Wildman–Crippen LogP) is 3.51. The van der Waals surface area contributed by atoms with Crippen molar-refractivity contribution in [3.63, 3.8) is 0 Å². The van der Waals surface area contributed by atoms with Crippen LogP contribution in [0, 0.1) is 5.92 Å². The molecule has 0 bridgehead atoms. The Labute approximate surface area is 135 Å². The number of carbonyl (C=O) groups excluding carboxylic acids is 2. The third kappa shape index (κ3) is 5.56. The highest BCUT2D eigenvalue weighted by atomic mass is 35.5. The van der Waals surface area contributed by atoms with Crippen molar-refractivity contribution < 1.29 is 9.59 Å². The molecule has 0 atom stereocenters. The number of nitrogens with one attached hydrogen (secondary N) is 1. The van der Waals surface area contributed by atoms with E-state index in [0.717, 1.165) is 6.42 Å². The molecule has 4 nitrogen and oxygen atoms in total. The second kappa shape index (κ2) is 8.25.